The Hall–Kier alpha value is -0.380. The van der Waals surface area contributed by atoms with Crippen LogP contribution in [-0.4, -0.2) is 19.0 Å². The summed E-state index contributed by atoms with van der Waals surface area (Å²) >= 11 is 1.80. The highest BCUT2D eigenvalue weighted by Gasteiger charge is 2.09. The van der Waals surface area contributed by atoms with Gasteiger partial charge in [-0.1, -0.05) is 0 Å². The van der Waals surface area contributed by atoms with E-state index in [0.717, 1.165) is 0 Å². The van der Waals surface area contributed by atoms with Gasteiger partial charge in [0, 0.05) is 22.3 Å². The summed E-state index contributed by atoms with van der Waals surface area (Å²) in [5, 5.41) is 0. The quantitative estimate of drug-likeness (QED) is 0.776. The molecule has 1 rings (SSSR count). The molecule has 0 radical (unpaired) electrons. The molecule has 1 aromatic heterocycles. The number of hydrogen-bond donors (Lipinski definition) is 1. The maximum atomic E-state index is 5.54. The Labute approximate surface area is 78.0 Å². The van der Waals surface area contributed by atoms with E-state index < -0.39 is 0 Å². The summed E-state index contributed by atoms with van der Waals surface area (Å²) < 4.78 is 0. The number of hydrogen-bond acceptors (Lipinski definition) is 3. The molecule has 0 aliphatic rings. The van der Waals surface area contributed by atoms with Crippen LogP contribution in [0.2, 0.25) is 0 Å². The summed E-state index contributed by atoms with van der Waals surface area (Å²) in [6.45, 7) is 2.86. The van der Waals surface area contributed by atoms with Crippen LogP contribution in [0.4, 0.5) is 0 Å². The molecule has 2 nitrogen and oxygen atoms in total. The molecule has 0 saturated heterocycles. The van der Waals surface area contributed by atoms with Gasteiger partial charge in [0.15, 0.2) is 0 Å². The van der Waals surface area contributed by atoms with Gasteiger partial charge in [0.25, 0.3) is 0 Å². The zero-order valence-corrected chi connectivity index (χ0v) is 8.69. The zero-order chi connectivity index (χ0) is 9.14. The van der Waals surface area contributed by atoms with Gasteiger partial charge in [-0.05, 0) is 33.2 Å². The molecule has 1 heterocycles. The molecule has 0 amide bonds. The van der Waals surface area contributed by atoms with E-state index in [-0.39, 0.29) is 0 Å². The molecule has 3 heteroatoms. The monoisotopic (exact) mass is 184 g/mol. The van der Waals surface area contributed by atoms with Gasteiger partial charge in [-0.25, -0.2) is 0 Å². The zero-order valence-electron chi connectivity index (χ0n) is 7.87. The van der Waals surface area contributed by atoms with Crippen LogP contribution in [-0.2, 0) is 6.54 Å². The number of nitrogens with zero attached hydrogens (tertiary/aromatic N) is 1. The van der Waals surface area contributed by atoms with E-state index in [1.54, 1.807) is 11.3 Å². The first-order valence-electron chi connectivity index (χ1n) is 4.10. The van der Waals surface area contributed by atoms with Crippen molar-refractivity contribution in [3.8, 4) is 0 Å². The molecule has 68 valence electrons. The molecule has 1 unspecified atom stereocenters. The average molecular weight is 184 g/mol. The van der Waals surface area contributed by atoms with E-state index in [0.29, 0.717) is 12.6 Å². The molecule has 1 aromatic rings. The van der Waals surface area contributed by atoms with E-state index in [1.165, 1.54) is 9.75 Å². The van der Waals surface area contributed by atoms with E-state index in [4.69, 9.17) is 5.73 Å². The first kappa shape index (κ1) is 9.71. The smallest absolute Gasteiger partial charge is 0.0407 e. The van der Waals surface area contributed by atoms with Crippen LogP contribution < -0.4 is 5.73 Å². The Kier molecular flexibility index (Phi) is 3.26. The van der Waals surface area contributed by atoms with Crippen molar-refractivity contribution in [2.75, 3.05) is 14.1 Å². The van der Waals surface area contributed by atoms with Crippen molar-refractivity contribution in [3.05, 3.63) is 21.9 Å². The Morgan fingerprint density at radius 3 is 2.58 bits per heavy atom. The van der Waals surface area contributed by atoms with E-state index in [1.807, 2.05) is 0 Å². The van der Waals surface area contributed by atoms with E-state index >= 15 is 0 Å². The lowest BCUT2D eigenvalue weighted by Gasteiger charge is -2.17. The second kappa shape index (κ2) is 4.03. The van der Waals surface area contributed by atoms with Crippen LogP contribution in [0.25, 0.3) is 0 Å². The third-order valence-corrected chi connectivity index (χ3v) is 3.35. The van der Waals surface area contributed by atoms with Gasteiger partial charge < -0.3 is 10.6 Å². The number of nitrogens with two attached hydrogens (primary N) is 1. The van der Waals surface area contributed by atoms with Crippen molar-refractivity contribution in [1.82, 2.24) is 4.90 Å². The van der Waals surface area contributed by atoms with Crippen molar-refractivity contribution in [1.29, 1.82) is 0 Å². The summed E-state index contributed by atoms with van der Waals surface area (Å²) in [5.74, 6) is 0. The lowest BCUT2D eigenvalue weighted by molar-refractivity contribution is 0.325. The second-order valence-electron chi connectivity index (χ2n) is 3.15. The van der Waals surface area contributed by atoms with Crippen LogP contribution >= 0.6 is 11.3 Å². The third-order valence-electron chi connectivity index (χ3n) is 2.07. The molecule has 0 aliphatic carbocycles. The van der Waals surface area contributed by atoms with Crippen molar-refractivity contribution >= 4 is 11.3 Å². The van der Waals surface area contributed by atoms with E-state index in [9.17, 15) is 0 Å². The van der Waals surface area contributed by atoms with E-state index in [2.05, 4.69) is 38.1 Å². The van der Waals surface area contributed by atoms with Crippen LogP contribution in [0.1, 0.15) is 22.7 Å². The first-order valence-corrected chi connectivity index (χ1v) is 4.92. The molecule has 0 spiro atoms. The predicted molar refractivity (Wildman–Crippen MR) is 54.3 cm³/mol. The molecule has 0 aliphatic heterocycles. The van der Waals surface area contributed by atoms with Gasteiger partial charge in [0.2, 0.25) is 0 Å². The maximum absolute atomic E-state index is 5.54. The van der Waals surface area contributed by atoms with Gasteiger partial charge in [0.1, 0.15) is 0 Å². The van der Waals surface area contributed by atoms with Gasteiger partial charge in [-0.3, -0.25) is 0 Å². The average Bonchev–Trinajstić information content (AvgIpc) is 2.50. The molecular weight excluding hydrogens is 168 g/mol. The minimum atomic E-state index is 0.496. The fraction of sp³-hybridized carbons (Fsp3) is 0.556. The second-order valence-corrected chi connectivity index (χ2v) is 4.35. The minimum absolute atomic E-state index is 0.496. The largest absolute Gasteiger partial charge is 0.326 e. The molecule has 0 aromatic carbocycles. The Bertz CT molecular complexity index is 242. The van der Waals surface area contributed by atoms with Crippen LogP contribution in [0.15, 0.2) is 12.1 Å². The standard InChI is InChI=1S/C9H16N2S/c1-7(11(2)3)9-5-4-8(6-10)12-9/h4-5,7H,6,10H2,1-3H3. The summed E-state index contributed by atoms with van der Waals surface area (Å²) in [5.41, 5.74) is 5.54. The number of rotatable bonds is 3. The summed E-state index contributed by atoms with van der Waals surface area (Å²) in [4.78, 5) is 4.85. The topological polar surface area (TPSA) is 29.3 Å². The molecule has 0 fully saturated rings. The van der Waals surface area contributed by atoms with Gasteiger partial charge >= 0.3 is 0 Å². The Balaban J connectivity index is 2.74. The predicted octanol–water partition coefficient (Wildman–Crippen LogP) is 1.83. The Morgan fingerprint density at radius 2 is 2.17 bits per heavy atom. The normalized spacial score (nSPS) is 13.8. The molecule has 2 N–H and O–H groups in total. The molecular formula is C9H16N2S. The van der Waals surface area contributed by atoms with Gasteiger partial charge in [0.05, 0.1) is 0 Å². The minimum Gasteiger partial charge on any atom is -0.326 e. The molecule has 0 bridgehead atoms. The van der Waals surface area contributed by atoms with Crippen LogP contribution in [0.5, 0.6) is 0 Å². The van der Waals surface area contributed by atoms with Crippen molar-refractivity contribution in [3.63, 3.8) is 0 Å². The fourth-order valence-corrected chi connectivity index (χ4v) is 2.02. The highest BCUT2D eigenvalue weighted by molar-refractivity contribution is 7.12. The molecule has 0 saturated carbocycles. The Morgan fingerprint density at radius 1 is 1.50 bits per heavy atom. The molecule has 12 heavy (non-hydrogen) atoms. The highest BCUT2D eigenvalue weighted by Crippen LogP contribution is 2.25. The van der Waals surface area contributed by atoms with Crippen LogP contribution in [0, 0.1) is 0 Å². The SMILES string of the molecule is CC(c1ccc(CN)s1)N(C)C. The van der Waals surface area contributed by atoms with Crippen molar-refractivity contribution < 1.29 is 0 Å². The van der Waals surface area contributed by atoms with Gasteiger partial charge in [-0.2, -0.15) is 0 Å². The maximum Gasteiger partial charge on any atom is 0.0407 e. The number of thiophene rings is 1. The van der Waals surface area contributed by atoms with Crippen molar-refractivity contribution in [2.24, 2.45) is 5.73 Å². The highest BCUT2D eigenvalue weighted by atomic mass is 32.1. The summed E-state index contributed by atoms with van der Waals surface area (Å²) in [6.07, 6.45) is 0. The lowest BCUT2D eigenvalue weighted by Crippen LogP contribution is -2.15. The van der Waals surface area contributed by atoms with Gasteiger partial charge in [-0.15, -0.1) is 11.3 Å². The summed E-state index contributed by atoms with van der Waals surface area (Å²) in [7, 11) is 4.18. The third kappa shape index (κ3) is 2.06. The van der Waals surface area contributed by atoms with Crippen LogP contribution in [0.3, 0.4) is 0 Å². The summed E-state index contributed by atoms with van der Waals surface area (Å²) in [6, 6.07) is 4.77. The fourth-order valence-electron chi connectivity index (χ4n) is 0.983. The lowest BCUT2D eigenvalue weighted by atomic mass is 10.2. The molecule has 1 atom stereocenters. The first-order chi connectivity index (χ1) is 5.65. The van der Waals surface area contributed by atoms with Crippen molar-refractivity contribution in [2.45, 2.75) is 19.5 Å².